The van der Waals surface area contributed by atoms with Gasteiger partial charge in [-0.2, -0.15) is 0 Å². The van der Waals surface area contributed by atoms with E-state index in [1.807, 2.05) is 0 Å². The fourth-order valence-corrected chi connectivity index (χ4v) is 2.69. The smallest absolute Gasteiger partial charge is 0.171 e. The lowest BCUT2D eigenvalue weighted by atomic mass is 9.99. The minimum Gasteiger partial charge on any atom is -0.394 e. The summed E-state index contributed by atoms with van der Waals surface area (Å²) in [5, 5.41) is 32.1. The highest BCUT2D eigenvalue weighted by Gasteiger charge is 2.46. The number of nitrogens with zero attached hydrogens (tertiary/aromatic N) is 3. The fourth-order valence-electron chi connectivity index (χ4n) is 2.69. The van der Waals surface area contributed by atoms with Crippen LogP contribution < -0.4 is 16.8 Å². The predicted molar refractivity (Wildman–Crippen MR) is 76.9 cm³/mol. The van der Waals surface area contributed by atoms with Gasteiger partial charge in [0.25, 0.3) is 0 Å². The van der Waals surface area contributed by atoms with E-state index in [0.29, 0.717) is 11.5 Å². The molecule has 0 amide bonds. The van der Waals surface area contributed by atoms with Crippen LogP contribution in [-0.4, -0.2) is 62.2 Å². The van der Waals surface area contributed by atoms with Gasteiger partial charge in [0.05, 0.1) is 19.3 Å². The minimum absolute atomic E-state index is 0.402. The van der Waals surface area contributed by atoms with Crippen LogP contribution in [0.15, 0.2) is 11.3 Å². The molecule has 0 saturated carbocycles. The van der Waals surface area contributed by atoms with E-state index in [1.54, 1.807) is 6.92 Å². The van der Waals surface area contributed by atoms with Gasteiger partial charge in [-0.25, -0.2) is 9.98 Å². The second kappa shape index (κ2) is 5.26. The third kappa shape index (κ3) is 2.04. The molecule has 6 atom stereocenters. The number of aromatic nitrogens is 2. The number of ether oxygens (including phenoxy) is 1. The van der Waals surface area contributed by atoms with E-state index in [0.717, 1.165) is 0 Å². The van der Waals surface area contributed by atoms with Crippen molar-refractivity contribution >= 4 is 12.2 Å². The molecule has 1 saturated heterocycles. The van der Waals surface area contributed by atoms with Gasteiger partial charge in [0.1, 0.15) is 29.8 Å². The van der Waals surface area contributed by atoms with E-state index in [-0.39, 0.29) is 0 Å². The minimum atomic E-state index is -1.21. The Kier molecular flexibility index (Phi) is 3.67. The van der Waals surface area contributed by atoms with E-state index in [9.17, 15) is 10.2 Å². The van der Waals surface area contributed by atoms with Crippen LogP contribution in [0.3, 0.4) is 0 Å². The summed E-state index contributed by atoms with van der Waals surface area (Å²) in [6, 6.07) is -0.488. The van der Waals surface area contributed by atoms with Crippen LogP contribution in [0.4, 0.5) is 5.82 Å². The summed E-state index contributed by atoms with van der Waals surface area (Å²) in [4.78, 5) is 8.39. The van der Waals surface area contributed by atoms with Crippen molar-refractivity contribution in [3.8, 4) is 0 Å². The maximum absolute atomic E-state index is 10.1. The molecule has 0 aromatic carbocycles. The Bertz CT molecular complexity index is 590. The monoisotopic (exact) mass is 312 g/mol. The third-order valence-electron chi connectivity index (χ3n) is 4.14. The number of nitrogens with two attached hydrogens (primary N) is 2. The van der Waals surface area contributed by atoms with Crippen LogP contribution in [-0.2, 0) is 10.4 Å². The average molecular weight is 312 g/mol. The van der Waals surface area contributed by atoms with Crippen molar-refractivity contribution in [3.63, 3.8) is 0 Å². The molecule has 10 heteroatoms. The van der Waals surface area contributed by atoms with Crippen LogP contribution in [0, 0.1) is 0 Å². The molecule has 1 fully saturated rings. The van der Waals surface area contributed by atoms with Crippen molar-refractivity contribution < 1.29 is 20.1 Å². The van der Waals surface area contributed by atoms with E-state index < -0.39 is 42.9 Å². The van der Waals surface area contributed by atoms with Gasteiger partial charge in [0.15, 0.2) is 11.9 Å². The highest BCUT2D eigenvalue weighted by molar-refractivity contribution is 5.79. The second-order valence-electron chi connectivity index (χ2n) is 5.59. The first-order chi connectivity index (χ1) is 10.4. The normalized spacial score (nSPS) is 38.6. The van der Waals surface area contributed by atoms with E-state index in [2.05, 4.69) is 15.3 Å². The summed E-state index contributed by atoms with van der Waals surface area (Å²) in [5.41, 5.74) is 11.3. The van der Waals surface area contributed by atoms with Crippen molar-refractivity contribution in [2.45, 2.75) is 43.2 Å². The number of fused-ring (bicyclic) bond motifs is 1. The van der Waals surface area contributed by atoms with Gasteiger partial charge < -0.3 is 36.8 Å². The number of hydrogen-bond donors (Lipinski definition) is 6. The summed E-state index contributed by atoms with van der Waals surface area (Å²) in [6.07, 6.45) is -1.34. The Morgan fingerprint density at radius 3 is 2.82 bits per heavy atom. The maximum atomic E-state index is 10.1. The standard InChI is InChI=1S/C12H20N6O4/c1-5(13)12(14)9-10(15-3-17-12)18(4-16-9)11-8(21)7(20)6(2-19)22-11/h3-8,11,19-21H,2,13-14H2,1H3,(H,15,17)/t5?,6-,7-,8-,11-,12?/m1/s1. The highest BCUT2D eigenvalue weighted by atomic mass is 16.6. The van der Waals surface area contributed by atoms with Gasteiger partial charge in [0.2, 0.25) is 0 Å². The maximum Gasteiger partial charge on any atom is 0.171 e. The molecule has 1 aromatic rings. The first-order valence-electron chi connectivity index (χ1n) is 6.94. The lowest BCUT2D eigenvalue weighted by Gasteiger charge is -2.31. The summed E-state index contributed by atoms with van der Waals surface area (Å²) < 4.78 is 7.00. The van der Waals surface area contributed by atoms with Crippen LogP contribution in [0.1, 0.15) is 18.8 Å². The molecule has 2 unspecified atom stereocenters. The Hall–Kier alpha value is -1.56. The summed E-state index contributed by atoms with van der Waals surface area (Å²) in [5.74, 6) is 0.477. The fraction of sp³-hybridized carbons (Fsp3) is 0.667. The molecule has 10 nitrogen and oxygen atoms in total. The molecule has 0 aliphatic carbocycles. The van der Waals surface area contributed by atoms with Crippen LogP contribution in [0.2, 0.25) is 0 Å². The van der Waals surface area contributed by atoms with Crippen LogP contribution >= 0.6 is 0 Å². The van der Waals surface area contributed by atoms with Gasteiger partial charge in [0, 0.05) is 6.04 Å². The zero-order valence-corrected chi connectivity index (χ0v) is 12.0. The van der Waals surface area contributed by atoms with Gasteiger partial charge in [-0.15, -0.1) is 0 Å². The first-order valence-corrected chi connectivity index (χ1v) is 6.94. The van der Waals surface area contributed by atoms with Crippen LogP contribution in [0.25, 0.3) is 0 Å². The molecule has 0 spiro atoms. The molecule has 122 valence electrons. The summed E-state index contributed by atoms with van der Waals surface area (Å²) in [6.45, 7) is 1.32. The molecule has 2 aliphatic heterocycles. The molecule has 2 aliphatic rings. The number of aliphatic hydroxyl groups excluding tert-OH is 3. The molecule has 22 heavy (non-hydrogen) atoms. The number of rotatable bonds is 3. The van der Waals surface area contributed by atoms with E-state index in [4.69, 9.17) is 21.3 Å². The number of imidazole rings is 1. The molecule has 3 rings (SSSR count). The second-order valence-corrected chi connectivity index (χ2v) is 5.59. The van der Waals surface area contributed by atoms with Crippen LogP contribution in [0.5, 0.6) is 0 Å². The number of nitrogens with one attached hydrogen (secondary N) is 1. The van der Waals surface area contributed by atoms with Crippen molar-refractivity contribution in [1.29, 1.82) is 0 Å². The molecule has 3 heterocycles. The number of aliphatic hydroxyl groups is 3. The summed E-state index contributed by atoms with van der Waals surface area (Å²) in [7, 11) is 0. The molecule has 0 radical (unpaired) electrons. The Morgan fingerprint density at radius 1 is 1.50 bits per heavy atom. The Balaban J connectivity index is 1.98. The van der Waals surface area contributed by atoms with Gasteiger partial charge in [-0.05, 0) is 6.92 Å². The molecular weight excluding hydrogens is 292 g/mol. The van der Waals surface area contributed by atoms with E-state index in [1.165, 1.54) is 17.2 Å². The topological polar surface area (TPSA) is 164 Å². The Labute approximate surface area is 126 Å². The SMILES string of the molecule is CC(N)C1(N)N=CNc2c1ncn2[C@@H]1O[C@H](CO)[C@@H](O)[C@H]1O. The first kappa shape index (κ1) is 15.3. The largest absolute Gasteiger partial charge is 0.394 e. The van der Waals surface area contributed by atoms with Crippen molar-refractivity contribution in [2.75, 3.05) is 11.9 Å². The zero-order chi connectivity index (χ0) is 16.1. The van der Waals surface area contributed by atoms with Gasteiger partial charge in [-0.3, -0.25) is 4.57 Å². The quantitative estimate of drug-likeness (QED) is 0.354. The van der Waals surface area contributed by atoms with Gasteiger partial charge in [-0.1, -0.05) is 0 Å². The average Bonchev–Trinajstić information content (AvgIpc) is 3.03. The lowest BCUT2D eigenvalue weighted by molar-refractivity contribution is -0.0518. The van der Waals surface area contributed by atoms with E-state index >= 15 is 0 Å². The summed E-state index contributed by atoms with van der Waals surface area (Å²) >= 11 is 0. The highest BCUT2D eigenvalue weighted by Crippen LogP contribution is 2.37. The molecule has 1 aromatic heterocycles. The number of anilines is 1. The van der Waals surface area contributed by atoms with Crippen molar-refractivity contribution in [3.05, 3.63) is 12.0 Å². The number of hydrogen-bond acceptors (Lipinski definition) is 9. The van der Waals surface area contributed by atoms with Crippen molar-refractivity contribution in [1.82, 2.24) is 9.55 Å². The zero-order valence-electron chi connectivity index (χ0n) is 12.0. The molecule has 0 bridgehead atoms. The molecular formula is C12H20N6O4. The third-order valence-corrected chi connectivity index (χ3v) is 4.14. The predicted octanol–water partition coefficient (Wildman–Crippen LogP) is -2.59. The molecule has 8 N–H and O–H groups in total. The lowest BCUT2D eigenvalue weighted by Crippen LogP contribution is -2.51. The Morgan fingerprint density at radius 2 is 2.23 bits per heavy atom. The number of aliphatic imine (C=N–C) groups is 1. The van der Waals surface area contributed by atoms with Gasteiger partial charge >= 0.3 is 0 Å². The van der Waals surface area contributed by atoms with Crippen molar-refractivity contribution in [2.24, 2.45) is 16.5 Å².